The Hall–Kier alpha value is -1.62. The highest BCUT2D eigenvalue weighted by Crippen LogP contribution is 2.40. The highest BCUT2D eigenvalue weighted by molar-refractivity contribution is 6.28. The number of carbonyl (C=O) groups excluding carboxylic acids is 1. The zero-order valence-corrected chi connectivity index (χ0v) is 13.8. The Morgan fingerprint density at radius 2 is 2.14 bits per heavy atom. The fourth-order valence-electron chi connectivity index (χ4n) is 3.45. The lowest BCUT2D eigenvalue weighted by molar-refractivity contribution is -0.124. The minimum Gasteiger partial charge on any atom is -0.350 e. The molecule has 1 atom stereocenters. The third kappa shape index (κ3) is 2.37. The van der Waals surface area contributed by atoms with Gasteiger partial charge in [-0.3, -0.25) is 4.79 Å². The molecule has 0 N–H and O–H groups in total. The molecule has 0 aromatic carbocycles. The van der Waals surface area contributed by atoms with Gasteiger partial charge in [0, 0.05) is 19.6 Å². The molecule has 1 fully saturated rings. The summed E-state index contributed by atoms with van der Waals surface area (Å²) in [5, 5.41) is 0.213. The zero-order valence-electron chi connectivity index (χ0n) is 13.0. The van der Waals surface area contributed by atoms with Gasteiger partial charge in [0.1, 0.15) is 5.69 Å². The van der Waals surface area contributed by atoms with E-state index in [0.717, 1.165) is 18.7 Å². The summed E-state index contributed by atoms with van der Waals surface area (Å²) in [6.07, 6.45) is 8.04. The van der Waals surface area contributed by atoms with Gasteiger partial charge >= 0.3 is 0 Å². The average molecular weight is 321 g/mol. The normalized spacial score (nSPS) is 26.0. The van der Waals surface area contributed by atoms with E-state index >= 15 is 0 Å². The Bertz CT molecular complexity index is 614. The van der Waals surface area contributed by atoms with Crippen LogP contribution in [0.1, 0.15) is 32.6 Å². The van der Waals surface area contributed by atoms with Crippen LogP contribution in [0.4, 0.5) is 11.5 Å². The van der Waals surface area contributed by atoms with E-state index in [1.807, 2.05) is 6.92 Å². The molecule has 6 heteroatoms. The van der Waals surface area contributed by atoms with Crippen LogP contribution in [0.5, 0.6) is 0 Å². The smallest absolute Gasteiger partial charge is 0.238 e. The van der Waals surface area contributed by atoms with Gasteiger partial charge in [0.25, 0.3) is 0 Å². The second kappa shape index (κ2) is 5.54. The molecule has 2 aliphatic rings. The molecule has 1 aliphatic heterocycles. The van der Waals surface area contributed by atoms with E-state index in [0.29, 0.717) is 18.3 Å². The number of hydrogen-bond acceptors (Lipinski definition) is 4. The quantitative estimate of drug-likeness (QED) is 0.621. The van der Waals surface area contributed by atoms with Gasteiger partial charge in [0.05, 0.1) is 11.6 Å². The Morgan fingerprint density at radius 1 is 1.45 bits per heavy atom. The first kappa shape index (κ1) is 15.3. The number of amides is 1. The maximum atomic E-state index is 12.8. The molecule has 1 aromatic rings. The molecule has 3 rings (SSSR count). The van der Waals surface area contributed by atoms with Crippen molar-refractivity contribution in [1.82, 2.24) is 9.97 Å². The van der Waals surface area contributed by atoms with Crippen molar-refractivity contribution in [3.05, 3.63) is 24.1 Å². The number of carbonyl (C=O) groups is 1. The van der Waals surface area contributed by atoms with Gasteiger partial charge in [-0.15, -0.1) is 6.58 Å². The molecule has 22 heavy (non-hydrogen) atoms. The summed E-state index contributed by atoms with van der Waals surface area (Å²) in [6.45, 7) is 6.39. The van der Waals surface area contributed by atoms with Gasteiger partial charge in [-0.05, 0) is 31.4 Å². The standard InChI is InChI=1S/C16H21ClN4O/c1-4-16(2)10-21(11-7-5-6-8-11)13-12(20(3)14(16)22)9-18-15(17)19-13/h4,9,11H,1,5-8,10H2,2-3H3. The van der Waals surface area contributed by atoms with Crippen molar-refractivity contribution in [2.75, 3.05) is 23.4 Å². The predicted octanol–water partition coefficient (Wildman–Crippen LogP) is 3.05. The van der Waals surface area contributed by atoms with Crippen LogP contribution in [-0.4, -0.2) is 35.5 Å². The molecule has 1 saturated carbocycles. The second-order valence-electron chi connectivity index (χ2n) is 6.40. The van der Waals surface area contributed by atoms with Crippen LogP contribution in [0.3, 0.4) is 0 Å². The van der Waals surface area contributed by atoms with Crippen molar-refractivity contribution in [3.63, 3.8) is 0 Å². The van der Waals surface area contributed by atoms with E-state index in [-0.39, 0.29) is 11.2 Å². The number of halogens is 1. The third-order valence-corrected chi connectivity index (χ3v) is 5.04. The summed E-state index contributed by atoms with van der Waals surface area (Å²) in [4.78, 5) is 25.2. The molecule has 2 heterocycles. The van der Waals surface area contributed by atoms with E-state index in [4.69, 9.17) is 11.6 Å². The predicted molar refractivity (Wildman–Crippen MR) is 88.4 cm³/mol. The fourth-order valence-corrected chi connectivity index (χ4v) is 3.58. The first-order valence-corrected chi connectivity index (χ1v) is 8.05. The van der Waals surface area contributed by atoms with Crippen molar-refractivity contribution < 1.29 is 4.79 Å². The van der Waals surface area contributed by atoms with Gasteiger partial charge in [-0.1, -0.05) is 18.9 Å². The topological polar surface area (TPSA) is 49.3 Å². The van der Waals surface area contributed by atoms with Crippen molar-refractivity contribution in [1.29, 1.82) is 0 Å². The van der Waals surface area contributed by atoms with Crippen LogP contribution in [0.2, 0.25) is 5.28 Å². The van der Waals surface area contributed by atoms with E-state index in [9.17, 15) is 4.79 Å². The van der Waals surface area contributed by atoms with Gasteiger partial charge in [0.2, 0.25) is 11.2 Å². The van der Waals surface area contributed by atoms with Crippen molar-refractivity contribution in [3.8, 4) is 0 Å². The van der Waals surface area contributed by atoms with Crippen LogP contribution in [-0.2, 0) is 4.79 Å². The monoisotopic (exact) mass is 320 g/mol. The second-order valence-corrected chi connectivity index (χ2v) is 6.74. The summed E-state index contributed by atoms with van der Waals surface area (Å²) in [6, 6.07) is 0.392. The number of fused-ring (bicyclic) bond motifs is 1. The van der Waals surface area contributed by atoms with E-state index in [1.165, 1.54) is 12.8 Å². The minimum absolute atomic E-state index is 0.00942. The Kier molecular flexibility index (Phi) is 3.85. The summed E-state index contributed by atoms with van der Waals surface area (Å²) < 4.78 is 0. The average Bonchev–Trinajstić information content (AvgIpc) is 3.02. The highest BCUT2D eigenvalue weighted by atomic mass is 35.5. The van der Waals surface area contributed by atoms with Crippen LogP contribution in [0, 0.1) is 5.41 Å². The number of anilines is 2. The molecule has 1 amide bonds. The fraction of sp³-hybridized carbons (Fsp3) is 0.562. The maximum Gasteiger partial charge on any atom is 0.238 e. The molecular formula is C16H21ClN4O. The number of aromatic nitrogens is 2. The molecule has 1 aromatic heterocycles. The molecule has 118 valence electrons. The summed E-state index contributed by atoms with van der Waals surface area (Å²) >= 11 is 6.02. The van der Waals surface area contributed by atoms with Crippen LogP contribution < -0.4 is 9.80 Å². The van der Waals surface area contributed by atoms with Gasteiger partial charge in [0.15, 0.2) is 5.82 Å². The molecule has 0 radical (unpaired) electrons. The number of nitrogens with zero attached hydrogens (tertiary/aromatic N) is 4. The molecular weight excluding hydrogens is 300 g/mol. The van der Waals surface area contributed by atoms with Gasteiger partial charge in [-0.25, -0.2) is 4.98 Å². The first-order valence-electron chi connectivity index (χ1n) is 7.67. The lowest BCUT2D eigenvalue weighted by Crippen LogP contribution is -2.45. The lowest BCUT2D eigenvalue weighted by Gasteiger charge is -2.34. The number of hydrogen-bond donors (Lipinski definition) is 0. The Labute approximate surface area is 136 Å². The lowest BCUT2D eigenvalue weighted by atomic mass is 9.88. The Morgan fingerprint density at radius 3 is 2.77 bits per heavy atom. The SMILES string of the molecule is C=CC1(C)CN(C2CCCC2)c2nc(Cl)ncc2N(C)C1=O. The Balaban J connectivity index is 2.14. The molecule has 0 spiro atoms. The van der Waals surface area contributed by atoms with Crippen LogP contribution >= 0.6 is 11.6 Å². The minimum atomic E-state index is -0.648. The third-order valence-electron chi connectivity index (χ3n) is 4.86. The van der Waals surface area contributed by atoms with Crippen molar-refractivity contribution in [2.24, 2.45) is 5.41 Å². The van der Waals surface area contributed by atoms with Crippen molar-refractivity contribution in [2.45, 2.75) is 38.6 Å². The van der Waals surface area contributed by atoms with E-state index in [2.05, 4.69) is 21.4 Å². The van der Waals surface area contributed by atoms with Gasteiger partial charge in [-0.2, -0.15) is 4.98 Å². The highest BCUT2D eigenvalue weighted by Gasteiger charge is 2.42. The zero-order chi connectivity index (χ0) is 15.9. The molecule has 5 nitrogen and oxygen atoms in total. The maximum absolute atomic E-state index is 12.8. The summed E-state index contributed by atoms with van der Waals surface area (Å²) in [5.41, 5.74) is 0.0664. The molecule has 0 bridgehead atoms. The van der Waals surface area contributed by atoms with Crippen molar-refractivity contribution >= 4 is 29.0 Å². The molecule has 1 unspecified atom stereocenters. The molecule has 0 saturated heterocycles. The summed E-state index contributed by atoms with van der Waals surface area (Å²) in [7, 11) is 1.76. The van der Waals surface area contributed by atoms with Crippen LogP contribution in [0.15, 0.2) is 18.9 Å². The largest absolute Gasteiger partial charge is 0.350 e. The first-order chi connectivity index (χ1) is 10.5. The van der Waals surface area contributed by atoms with Crippen LogP contribution in [0.25, 0.3) is 0 Å². The summed E-state index contributed by atoms with van der Waals surface area (Å²) in [5.74, 6) is 0.767. The molecule has 1 aliphatic carbocycles. The van der Waals surface area contributed by atoms with E-state index < -0.39 is 5.41 Å². The van der Waals surface area contributed by atoms with Gasteiger partial charge < -0.3 is 9.80 Å². The number of rotatable bonds is 2. The van der Waals surface area contributed by atoms with E-state index in [1.54, 1.807) is 24.2 Å².